The number of β-amino-alcohol motifs (C(OH)–C–C–N with tert-alkyl or cyclic N) is 1. The lowest BCUT2D eigenvalue weighted by molar-refractivity contribution is -0.134. The first-order chi connectivity index (χ1) is 18.7. The largest absolute Gasteiger partial charge is 0.391 e. The molecule has 2 aromatic heterocycles. The fraction of sp³-hybridized carbons (Fsp3) is 0.385. The highest BCUT2D eigenvalue weighted by molar-refractivity contribution is 7.98. The number of aliphatic hydroxyl groups excluding tert-OH is 1. The number of hydrogen-bond acceptors (Lipinski definition) is 9. The quantitative estimate of drug-likeness (QED) is 0.233. The number of urea groups is 1. The van der Waals surface area contributed by atoms with E-state index >= 15 is 0 Å². The Bertz CT molecular complexity index is 1390. The number of nitrogens with one attached hydrogen (secondary N) is 1. The first-order valence-corrected chi connectivity index (χ1v) is 14.5. The van der Waals surface area contributed by atoms with Gasteiger partial charge in [0.15, 0.2) is 11.0 Å². The number of imide groups is 1. The van der Waals surface area contributed by atoms with E-state index in [0.29, 0.717) is 41.4 Å². The average molecular weight is 568 g/mol. The molecule has 0 bridgehead atoms. The highest BCUT2D eigenvalue weighted by Gasteiger charge is 2.43. The van der Waals surface area contributed by atoms with Crippen LogP contribution in [0.1, 0.15) is 53.0 Å². The Balaban J connectivity index is 1.42. The van der Waals surface area contributed by atoms with Crippen LogP contribution in [0.25, 0.3) is 0 Å². The number of piperidine rings is 1. The Morgan fingerprint density at radius 1 is 1.18 bits per heavy atom. The fourth-order valence-corrected chi connectivity index (χ4v) is 6.29. The predicted molar refractivity (Wildman–Crippen MR) is 147 cm³/mol. The fourth-order valence-electron chi connectivity index (χ4n) is 4.77. The average Bonchev–Trinajstić information content (AvgIpc) is 3.69. The summed E-state index contributed by atoms with van der Waals surface area (Å²) < 4.78 is 1.24. The number of aliphatic hydroxyl groups is 1. The zero-order valence-electron chi connectivity index (χ0n) is 21.3. The zero-order chi connectivity index (χ0) is 27.7. The minimum absolute atomic E-state index is 0.0142. The van der Waals surface area contributed by atoms with Crippen molar-refractivity contribution >= 4 is 46.8 Å². The van der Waals surface area contributed by atoms with Crippen molar-refractivity contribution in [3.63, 3.8) is 0 Å². The second kappa shape index (κ2) is 11.3. The Morgan fingerprint density at radius 3 is 2.59 bits per heavy atom. The van der Waals surface area contributed by atoms with E-state index in [1.807, 2.05) is 19.1 Å². The highest BCUT2D eigenvalue weighted by Crippen LogP contribution is 2.34. The summed E-state index contributed by atoms with van der Waals surface area (Å²) >= 11 is 2.71. The second-order valence-corrected chi connectivity index (χ2v) is 11.5. The van der Waals surface area contributed by atoms with Gasteiger partial charge in [-0.05, 0) is 35.8 Å². The summed E-state index contributed by atoms with van der Waals surface area (Å²) in [7, 11) is 0. The molecule has 0 aliphatic carbocycles. The van der Waals surface area contributed by atoms with E-state index in [9.17, 15) is 19.5 Å². The topological polar surface area (TPSA) is 158 Å². The molecule has 3 unspecified atom stereocenters. The molecular formula is C26H29N7O4S2. The van der Waals surface area contributed by atoms with Crippen LogP contribution in [-0.4, -0.2) is 79.1 Å². The van der Waals surface area contributed by atoms with Crippen LogP contribution >= 0.6 is 23.1 Å². The first kappa shape index (κ1) is 27.0. The molecule has 2 fully saturated rings. The van der Waals surface area contributed by atoms with Crippen molar-refractivity contribution < 1.29 is 19.5 Å². The molecule has 0 saturated carbocycles. The molecule has 4 heterocycles. The molecule has 5 rings (SSSR count). The zero-order valence-corrected chi connectivity index (χ0v) is 23.0. The maximum atomic E-state index is 13.6. The molecule has 3 aromatic rings. The molecule has 2 saturated heterocycles. The smallest absolute Gasteiger partial charge is 0.326 e. The molecule has 1 aromatic carbocycles. The summed E-state index contributed by atoms with van der Waals surface area (Å²) in [5.41, 5.74) is 7.58. The third-order valence-corrected chi connectivity index (χ3v) is 8.72. The number of carbonyl (C=O) groups excluding carboxylic acids is 3. The number of nitrogen functional groups attached to an aromatic ring is 1. The van der Waals surface area contributed by atoms with Crippen molar-refractivity contribution in [2.24, 2.45) is 11.7 Å². The monoisotopic (exact) mass is 567 g/mol. The summed E-state index contributed by atoms with van der Waals surface area (Å²) in [6.07, 6.45) is 0.487. The Labute approximate surface area is 233 Å². The lowest BCUT2D eigenvalue weighted by atomic mass is 9.86. The summed E-state index contributed by atoms with van der Waals surface area (Å²) in [5, 5.41) is 25.8. The molecule has 13 heteroatoms. The van der Waals surface area contributed by atoms with Crippen molar-refractivity contribution in [1.82, 2.24) is 24.6 Å². The summed E-state index contributed by atoms with van der Waals surface area (Å²) in [6, 6.07) is 8.54. The molecule has 204 valence electrons. The van der Waals surface area contributed by atoms with Gasteiger partial charge in [-0.2, -0.15) is 16.0 Å². The van der Waals surface area contributed by atoms with Gasteiger partial charge < -0.3 is 15.7 Å². The van der Waals surface area contributed by atoms with Crippen molar-refractivity contribution in [3.8, 4) is 0 Å². The van der Waals surface area contributed by atoms with Crippen molar-refractivity contribution in [1.29, 1.82) is 5.41 Å². The number of aromatic nitrogens is 3. The lowest BCUT2D eigenvalue weighted by Gasteiger charge is -2.35. The van der Waals surface area contributed by atoms with E-state index in [2.05, 4.69) is 10.1 Å². The molecule has 3 amide bonds. The van der Waals surface area contributed by atoms with E-state index in [1.165, 1.54) is 37.6 Å². The van der Waals surface area contributed by atoms with Crippen LogP contribution in [0.3, 0.4) is 0 Å². The van der Waals surface area contributed by atoms with Gasteiger partial charge in [-0.15, -0.1) is 5.10 Å². The molecule has 2 aliphatic rings. The van der Waals surface area contributed by atoms with Crippen LogP contribution in [0.15, 0.2) is 46.2 Å². The molecule has 2 aliphatic heterocycles. The van der Waals surface area contributed by atoms with Gasteiger partial charge >= 0.3 is 6.03 Å². The molecule has 0 spiro atoms. The third kappa shape index (κ3) is 5.60. The SMILES string of the molecule is CC1CCN(C(=O)N2CCC(O)C2)C(=O)C1c1nc(SCc2ccc(C(=N)N)cc2)n(C(=O)c2ccsc2)n1. The van der Waals surface area contributed by atoms with Gasteiger partial charge in [0.05, 0.1) is 11.7 Å². The van der Waals surface area contributed by atoms with Gasteiger partial charge in [-0.3, -0.25) is 19.9 Å². The van der Waals surface area contributed by atoms with E-state index in [4.69, 9.17) is 11.1 Å². The Morgan fingerprint density at radius 2 is 1.95 bits per heavy atom. The number of likely N-dealkylation sites (tertiary alicyclic amines) is 2. The number of hydrogen-bond donors (Lipinski definition) is 3. The first-order valence-electron chi connectivity index (χ1n) is 12.6. The molecule has 0 radical (unpaired) electrons. The number of thiophene rings is 1. The minimum Gasteiger partial charge on any atom is -0.391 e. The van der Waals surface area contributed by atoms with Crippen LogP contribution in [0, 0.1) is 11.3 Å². The maximum Gasteiger partial charge on any atom is 0.326 e. The van der Waals surface area contributed by atoms with Crippen LogP contribution < -0.4 is 5.73 Å². The van der Waals surface area contributed by atoms with E-state index in [1.54, 1.807) is 29.0 Å². The second-order valence-electron chi connectivity index (χ2n) is 9.79. The number of amidine groups is 1. The number of carbonyl (C=O) groups is 3. The van der Waals surface area contributed by atoms with Gasteiger partial charge in [-0.25, -0.2) is 9.78 Å². The van der Waals surface area contributed by atoms with Gasteiger partial charge in [0.1, 0.15) is 11.8 Å². The number of thioether (sulfide) groups is 1. The number of benzene rings is 1. The molecule has 3 atom stereocenters. The number of nitrogens with zero attached hydrogens (tertiary/aromatic N) is 5. The number of amides is 3. The number of rotatable bonds is 6. The molecule has 11 nitrogen and oxygen atoms in total. The standard InChI is InChI=1S/C26H29N7O4S2/c1-15-6-10-32(26(37)31-9-7-19(34)12-31)24(36)20(15)22-29-25(33(30-22)23(35)18-8-11-38-14-18)39-13-16-2-4-17(5-3-16)21(27)28/h2-5,8,11,14-15,19-20,34H,6-7,9-10,12-13H2,1H3,(H3,27,28). The minimum atomic E-state index is -0.777. The van der Waals surface area contributed by atoms with E-state index < -0.39 is 24.0 Å². The van der Waals surface area contributed by atoms with Gasteiger partial charge in [0.2, 0.25) is 5.91 Å². The van der Waals surface area contributed by atoms with Gasteiger partial charge in [0, 0.05) is 36.3 Å². The van der Waals surface area contributed by atoms with Crippen LogP contribution in [0.4, 0.5) is 4.79 Å². The summed E-state index contributed by atoms with van der Waals surface area (Å²) in [5.74, 6) is -0.973. The van der Waals surface area contributed by atoms with Crippen molar-refractivity contribution in [2.75, 3.05) is 19.6 Å². The Hall–Kier alpha value is -3.55. The highest BCUT2D eigenvalue weighted by atomic mass is 32.2. The summed E-state index contributed by atoms with van der Waals surface area (Å²) in [6.45, 7) is 2.82. The van der Waals surface area contributed by atoms with Crippen LogP contribution in [0.5, 0.6) is 0 Å². The van der Waals surface area contributed by atoms with E-state index in [-0.39, 0.29) is 36.6 Å². The Kier molecular flexibility index (Phi) is 7.82. The van der Waals surface area contributed by atoms with Crippen LogP contribution in [0.2, 0.25) is 0 Å². The molecule has 4 N–H and O–H groups in total. The van der Waals surface area contributed by atoms with Crippen molar-refractivity contribution in [3.05, 3.63) is 63.6 Å². The predicted octanol–water partition coefficient (Wildman–Crippen LogP) is 2.74. The third-order valence-electron chi connectivity index (χ3n) is 7.04. The van der Waals surface area contributed by atoms with Crippen molar-refractivity contribution in [2.45, 2.75) is 42.7 Å². The molecule has 39 heavy (non-hydrogen) atoms. The van der Waals surface area contributed by atoms with Crippen LogP contribution in [-0.2, 0) is 10.5 Å². The number of nitrogens with two attached hydrogens (primary N) is 1. The van der Waals surface area contributed by atoms with Gasteiger partial charge in [-0.1, -0.05) is 43.0 Å². The normalized spacial score (nSPS) is 21.4. The molecular weight excluding hydrogens is 538 g/mol. The lowest BCUT2D eigenvalue weighted by Crippen LogP contribution is -2.52. The van der Waals surface area contributed by atoms with Gasteiger partial charge in [0.25, 0.3) is 5.91 Å². The maximum absolute atomic E-state index is 13.6. The van der Waals surface area contributed by atoms with E-state index in [0.717, 1.165) is 5.56 Å². The summed E-state index contributed by atoms with van der Waals surface area (Å²) in [4.78, 5) is 47.4.